The molecule has 1 atom stereocenters. The van der Waals surface area contributed by atoms with Gasteiger partial charge in [0.2, 0.25) is 11.8 Å². The SMILES string of the molecule is CC(C)CNC(=O)C(Cc1ccccc1)N(Cc1ccc(Cl)c(Cl)c1)C(=O)CN(c1ccc(Cl)cc1)S(=O)(=O)c1ccccc1. The summed E-state index contributed by atoms with van der Waals surface area (Å²) in [7, 11) is -4.20. The molecule has 236 valence electrons. The number of amides is 2. The summed E-state index contributed by atoms with van der Waals surface area (Å²) in [6.07, 6.45) is 0.199. The normalized spacial score (nSPS) is 12.0. The van der Waals surface area contributed by atoms with Crippen LogP contribution in [-0.2, 0) is 32.6 Å². The number of anilines is 1. The molecular weight excluding hydrogens is 653 g/mol. The summed E-state index contributed by atoms with van der Waals surface area (Å²) < 4.78 is 29.0. The minimum atomic E-state index is -4.20. The molecule has 1 unspecified atom stereocenters. The quantitative estimate of drug-likeness (QED) is 0.161. The number of rotatable bonds is 13. The number of carbonyl (C=O) groups excluding carboxylic acids is 2. The zero-order valence-electron chi connectivity index (χ0n) is 24.9. The van der Waals surface area contributed by atoms with Crippen LogP contribution in [0.5, 0.6) is 0 Å². The fourth-order valence-electron chi connectivity index (χ4n) is 4.67. The monoisotopic (exact) mass is 685 g/mol. The lowest BCUT2D eigenvalue weighted by Crippen LogP contribution is -2.53. The lowest BCUT2D eigenvalue weighted by Gasteiger charge is -2.34. The number of benzene rings is 4. The van der Waals surface area contributed by atoms with E-state index < -0.39 is 28.5 Å². The Kier molecular flexibility index (Phi) is 11.9. The number of sulfonamides is 1. The van der Waals surface area contributed by atoms with Crippen LogP contribution < -0.4 is 9.62 Å². The minimum absolute atomic E-state index is 0.0132. The summed E-state index contributed by atoms with van der Waals surface area (Å²) in [6, 6.07) is 27.4. The molecule has 1 N–H and O–H groups in total. The van der Waals surface area contributed by atoms with Crippen molar-refractivity contribution in [1.82, 2.24) is 10.2 Å². The van der Waals surface area contributed by atoms with Crippen LogP contribution >= 0.6 is 34.8 Å². The molecule has 45 heavy (non-hydrogen) atoms. The molecule has 0 aromatic heterocycles. The third-order valence-electron chi connectivity index (χ3n) is 7.02. The highest BCUT2D eigenvalue weighted by molar-refractivity contribution is 7.92. The molecule has 0 aliphatic rings. The predicted octanol–water partition coefficient (Wildman–Crippen LogP) is 7.25. The average Bonchev–Trinajstić information content (AvgIpc) is 3.03. The first-order chi connectivity index (χ1) is 21.5. The van der Waals surface area contributed by atoms with Gasteiger partial charge in [-0.25, -0.2) is 8.42 Å². The number of nitrogens with zero attached hydrogens (tertiary/aromatic N) is 2. The van der Waals surface area contributed by atoms with Gasteiger partial charge in [-0.05, 0) is 65.6 Å². The van der Waals surface area contributed by atoms with Crippen molar-refractivity contribution in [2.45, 2.75) is 37.8 Å². The maximum absolute atomic E-state index is 14.5. The van der Waals surface area contributed by atoms with E-state index in [0.29, 0.717) is 27.2 Å². The van der Waals surface area contributed by atoms with Gasteiger partial charge in [-0.3, -0.25) is 13.9 Å². The van der Waals surface area contributed by atoms with Gasteiger partial charge in [0.15, 0.2) is 0 Å². The van der Waals surface area contributed by atoms with Crippen LogP contribution in [0.15, 0.2) is 108 Å². The standard InChI is InChI=1S/C34H34Cl3N3O4S/c1-24(2)21-38-34(42)32(20-25-9-5-3-6-10-25)39(22-26-13-18-30(36)31(37)19-26)33(41)23-40(28-16-14-27(35)15-17-28)45(43,44)29-11-7-4-8-12-29/h3-19,24,32H,20-23H2,1-2H3,(H,38,42). The lowest BCUT2D eigenvalue weighted by molar-refractivity contribution is -0.140. The number of carbonyl (C=O) groups is 2. The Morgan fingerprint density at radius 1 is 0.778 bits per heavy atom. The molecule has 4 rings (SSSR count). The third-order valence-corrected chi connectivity index (χ3v) is 9.80. The Morgan fingerprint density at radius 3 is 2.00 bits per heavy atom. The Bertz CT molecular complexity index is 1700. The van der Waals surface area contributed by atoms with Gasteiger partial charge in [0.1, 0.15) is 12.6 Å². The van der Waals surface area contributed by atoms with Crippen molar-refractivity contribution in [1.29, 1.82) is 0 Å². The fraction of sp³-hybridized carbons (Fsp3) is 0.235. The van der Waals surface area contributed by atoms with Gasteiger partial charge in [-0.15, -0.1) is 0 Å². The Balaban J connectivity index is 1.80. The van der Waals surface area contributed by atoms with Crippen LogP contribution in [0.1, 0.15) is 25.0 Å². The molecule has 0 bridgehead atoms. The highest BCUT2D eigenvalue weighted by Crippen LogP contribution is 2.27. The molecule has 0 aliphatic carbocycles. The third kappa shape index (κ3) is 9.23. The van der Waals surface area contributed by atoms with E-state index in [0.717, 1.165) is 9.87 Å². The van der Waals surface area contributed by atoms with Gasteiger partial charge in [-0.2, -0.15) is 0 Å². The molecule has 0 saturated carbocycles. The Morgan fingerprint density at radius 2 is 1.40 bits per heavy atom. The second-order valence-corrected chi connectivity index (χ2v) is 14.0. The second-order valence-electron chi connectivity index (χ2n) is 10.9. The van der Waals surface area contributed by atoms with Gasteiger partial charge >= 0.3 is 0 Å². The van der Waals surface area contributed by atoms with Crippen LogP contribution in [0.2, 0.25) is 15.1 Å². The molecule has 0 spiro atoms. The maximum atomic E-state index is 14.5. The van der Waals surface area contributed by atoms with Crippen molar-refractivity contribution >= 4 is 62.3 Å². The average molecular weight is 687 g/mol. The van der Waals surface area contributed by atoms with Gasteiger partial charge in [-0.1, -0.05) is 103 Å². The summed E-state index contributed by atoms with van der Waals surface area (Å²) >= 11 is 18.6. The molecular formula is C34H34Cl3N3O4S. The molecule has 0 fully saturated rings. The maximum Gasteiger partial charge on any atom is 0.264 e. The molecule has 0 aliphatic heterocycles. The molecule has 0 heterocycles. The van der Waals surface area contributed by atoms with E-state index in [2.05, 4.69) is 5.32 Å². The molecule has 4 aromatic rings. The Hall–Kier alpha value is -3.56. The number of hydrogen-bond acceptors (Lipinski definition) is 4. The highest BCUT2D eigenvalue weighted by atomic mass is 35.5. The van der Waals surface area contributed by atoms with Crippen LogP contribution in [0.3, 0.4) is 0 Å². The first-order valence-electron chi connectivity index (χ1n) is 14.3. The zero-order valence-corrected chi connectivity index (χ0v) is 28.0. The topological polar surface area (TPSA) is 86.8 Å². The van der Waals surface area contributed by atoms with Crippen LogP contribution in [0.25, 0.3) is 0 Å². The summed E-state index contributed by atoms with van der Waals surface area (Å²) in [5, 5.41) is 4.01. The summed E-state index contributed by atoms with van der Waals surface area (Å²) in [6.45, 7) is 3.75. The van der Waals surface area contributed by atoms with Gasteiger partial charge in [0.05, 0.1) is 20.6 Å². The van der Waals surface area contributed by atoms with Gasteiger partial charge in [0.25, 0.3) is 10.0 Å². The second kappa shape index (κ2) is 15.6. The summed E-state index contributed by atoms with van der Waals surface area (Å²) in [5.74, 6) is -0.775. The minimum Gasteiger partial charge on any atom is -0.354 e. The van der Waals surface area contributed by atoms with Crippen LogP contribution in [-0.4, -0.2) is 44.3 Å². The van der Waals surface area contributed by atoms with E-state index in [1.54, 1.807) is 48.5 Å². The van der Waals surface area contributed by atoms with E-state index in [-0.39, 0.29) is 35.4 Å². The number of hydrogen-bond donors (Lipinski definition) is 1. The van der Waals surface area contributed by atoms with Crippen molar-refractivity contribution in [3.63, 3.8) is 0 Å². The molecule has 0 saturated heterocycles. The first-order valence-corrected chi connectivity index (χ1v) is 16.9. The molecule has 4 aromatic carbocycles. The smallest absolute Gasteiger partial charge is 0.264 e. The summed E-state index contributed by atoms with van der Waals surface area (Å²) in [5.41, 5.74) is 1.70. The zero-order chi connectivity index (χ0) is 32.6. The molecule has 7 nitrogen and oxygen atoms in total. The van der Waals surface area contributed by atoms with Crippen molar-refractivity contribution < 1.29 is 18.0 Å². The molecule has 2 amide bonds. The fourth-order valence-corrected chi connectivity index (χ4v) is 6.55. The van der Waals surface area contributed by atoms with Crippen molar-refractivity contribution in [3.8, 4) is 0 Å². The van der Waals surface area contributed by atoms with Crippen LogP contribution in [0.4, 0.5) is 5.69 Å². The first kappa shape index (κ1) is 34.3. The van der Waals surface area contributed by atoms with E-state index in [1.807, 2.05) is 44.2 Å². The lowest BCUT2D eigenvalue weighted by atomic mass is 10.0. The summed E-state index contributed by atoms with van der Waals surface area (Å²) in [4.78, 5) is 29.7. The van der Waals surface area contributed by atoms with E-state index in [4.69, 9.17) is 34.8 Å². The van der Waals surface area contributed by atoms with E-state index in [1.165, 1.54) is 29.2 Å². The van der Waals surface area contributed by atoms with Crippen molar-refractivity contribution in [3.05, 3.63) is 129 Å². The predicted molar refractivity (Wildman–Crippen MR) is 181 cm³/mol. The molecule has 11 heteroatoms. The molecule has 0 radical (unpaired) electrons. The number of nitrogens with one attached hydrogen (secondary N) is 1. The van der Waals surface area contributed by atoms with Crippen molar-refractivity contribution in [2.75, 3.05) is 17.4 Å². The van der Waals surface area contributed by atoms with E-state index >= 15 is 0 Å². The number of halogens is 3. The largest absolute Gasteiger partial charge is 0.354 e. The van der Waals surface area contributed by atoms with Gasteiger partial charge < -0.3 is 10.2 Å². The highest BCUT2D eigenvalue weighted by Gasteiger charge is 2.34. The van der Waals surface area contributed by atoms with Gasteiger partial charge in [0, 0.05) is 24.5 Å². The van der Waals surface area contributed by atoms with Crippen LogP contribution in [0, 0.1) is 5.92 Å². The van der Waals surface area contributed by atoms with E-state index in [9.17, 15) is 18.0 Å². The Labute approximate surface area is 279 Å². The van der Waals surface area contributed by atoms with Crippen molar-refractivity contribution in [2.24, 2.45) is 5.92 Å².